The number of Topliss-reactive ketones (excluding diaryl/α,β-unsaturated/α-hetero) is 1. The van der Waals surface area contributed by atoms with Crippen LogP contribution in [-0.2, 0) is 29.1 Å². The molecule has 2 N–H and O–H groups in total. The summed E-state index contributed by atoms with van der Waals surface area (Å²) in [6.07, 6.45) is 2.82. The van der Waals surface area contributed by atoms with E-state index >= 15 is 0 Å². The van der Waals surface area contributed by atoms with Gasteiger partial charge in [0.05, 0.1) is 0 Å². The predicted octanol–water partition coefficient (Wildman–Crippen LogP) is 2.55. The zero-order chi connectivity index (χ0) is 26.6. The fourth-order valence-electron chi connectivity index (χ4n) is 5.70. The van der Waals surface area contributed by atoms with Crippen LogP contribution in [-0.4, -0.2) is 66.5 Å². The molecule has 2 aromatic rings. The van der Waals surface area contributed by atoms with Gasteiger partial charge in [-0.3, -0.25) is 29.4 Å². The van der Waals surface area contributed by atoms with Crippen molar-refractivity contribution in [3.8, 4) is 0 Å². The Morgan fingerprint density at radius 3 is 2.39 bits per heavy atom. The molecule has 3 aliphatic rings. The Labute approximate surface area is 223 Å². The zero-order valence-corrected chi connectivity index (χ0v) is 22.0. The molecule has 8 nitrogen and oxygen atoms in total. The second-order valence-electron chi connectivity index (χ2n) is 10.9. The van der Waals surface area contributed by atoms with Crippen molar-refractivity contribution >= 4 is 23.5 Å². The first-order chi connectivity index (χ1) is 18.4. The summed E-state index contributed by atoms with van der Waals surface area (Å²) in [4.78, 5) is 53.8. The normalized spacial score (nSPS) is 22.3. The van der Waals surface area contributed by atoms with Crippen molar-refractivity contribution in [1.29, 1.82) is 0 Å². The lowest BCUT2D eigenvalue weighted by molar-refractivity contribution is -0.136. The largest absolute Gasteiger partial charge is 0.348 e. The van der Waals surface area contributed by atoms with Gasteiger partial charge < -0.3 is 10.2 Å². The molecule has 3 amide bonds. The van der Waals surface area contributed by atoms with E-state index in [0.29, 0.717) is 44.2 Å². The third-order valence-electron chi connectivity index (χ3n) is 8.16. The first kappa shape index (κ1) is 26.3. The van der Waals surface area contributed by atoms with E-state index in [1.54, 1.807) is 0 Å². The highest BCUT2D eigenvalue weighted by molar-refractivity contribution is 6.02. The van der Waals surface area contributed by atoms with Crippen LogP contribution in [0.3, 0.4) is 0 Å². The van der Waals surface area contributed by atoms with Crippen molar-refractivity contribution in [3.05, 3.63) is 70.3 Å². The average Bonchev–Trinajstić information content (AvgIpc) is 3.23. The van der Waals surface area contributed by atoms with Gasteiger partial charge >= 0.3 is 0 Å². The van der Waals surface area contributed by atoms with Gasteiger partial charge in [-0.05, 0) is 61.6 Å². The quantitative estimate of drug-likeness (QED) is 0.524. The van der Waals surface area contributed by atoms with Crippen LogP contribution in [0.25, 0.3) is 0 Å². The maximum absolute atomic E-state index is 12.9. The topological polar surface area (TPSA) is 98.8 Å². The Balaban J connectivity index is 1.11. The van der Waals surface area contributed by atoms with Crippen molar-refractivity contribution in [2.24, 2.45) is 11.8 Å². The summed E-state index contributed by atoms with van der Waals surface area (Å²) in [6, 6.07) is 13.6. The lowest BCUT2D eigenvalue weighted by Crippen LogP contribution is -2.43. The van der Waals surface area contributed by atoms with Crippen LogP contribution >= 0.6 is 0 Å². The summed E-state index contributed by atoms with van der Waals surface area (Å²) >= 11 is 0. The molecule has 2 fully saturated rings. The first-order valence-corrected chi connectivity index (χ1v) is 13.6. The van der Waals surface area contributed by atoms with E-state index in [0.717, 1.165) is 49.4 Å². The number of carbonyl (C=O) groups excluding carboxylic acids is 4. The van der Waals surface area contributed by atoms with Gasteiger partial charge in [-0.2, -0.15) is 0 Å². The van der Waals surface area contributed by atoms with Gasteiger partial charge in [-0.25, -0.2) is 0 Å². The number of likely N-dealkylation sites (N-methyl/N-ethyl adjacent to an activating group) is 1. The summed E-state index contributed by atoms with van der Waals surface area (Å²) in [6.45, 7) is 5.58. The van der Waals surface area contributed by atoms with Crippen molar-refractivity contribution in [1.82, 2.24) is 20.4 Å². The number of hydrogen-bond acceptors (Lipinski definition) is 6. The summed E-state index contributed by atoms with van der Waals surface area (Å²) in [5.41, 5.74) is 4.55. The van der Waals surface area contributed by atoms with Gasteiger partial charge in [0.1, 0.15) is 0 Å². The fourth-order valence-corrected chi connectivity index (χ4v) is 5.70. The number of piperidine rings is 1. The van der Waals surface area contributed by atoms with Crippen molar-refractivity contribution < 1.29 is 19.2 Å². The van der Waals surface area contributed by atoms with Crippen LogP contribution in [0, 0.1) is 11.8 Å². The van der Waals surface area contributed by atoms with Gasteiger partial charge in [-0.1, -0.05) is 30.3 Å². The minimum absolute atomic E-state index is 0.116. The monoisotopic (exact) mass is 516 g/mol. The Bertz CT molecular complexity index is 1220. The third kappa shape index (κ3) is 6.19. The summed E-state index contributed by atoms with van der Waals surface area (Å²) < 4.78 is 0. The number of amides is 3. The molecule has 0 radical (unpaired) electrons. The van der Waals surface area contributed by atoms with Gasteiger partial charge in [-0.15, -0.1) is 0 Å². The molecule has 0 bridgehead atoms. The maximum Gasteiger partial charge on any atom is 0.251 e. The standard InChI is InChI=1S/C30H36N4O4/c1-33-12-14-34(15-13-33)19-20-2-5-22(6-3-20)29(37)31-18-21-4-10-26-25(16-21)17-24(28(26)36)8-7-23-9-11-27(35)32-30(23)38/h2-6,10,16,23-24H,7-9,11-15,17-19H2,1H3,(H,31,37)(H,32,35,38). The van der Waals surface area contributed by atoms with Crippen molar-refractivity contribution in [3.63, 3.8) is 0 Å². The third-order valence-corrected chi connectivity index (χ3v) is 8.16. The van der Waals surface area contributed by atoms with E-state index < -0.39 is 0 Å². The molecule has 8 heteroatoms. The van der Waals surface area contributed by atoms with Crippen LogP contribution in [0.15, 0.2) is 42.5 Å². The number of benzene rings is 2. The number of carbonyl (C=O) groups is 4. The Kier molecular flexibility index (Phi) is 8.00. The van der Waals surface area contributed by atoms with Crippen molar-refractivity contribution in [2.45, 2.75) is 45.2 Å². The molecule has 2 atom stereocenters. The van der Waals surface area contributed by atoms with Crippen LogP contribution in [0.2, 0.25) is 0 Å². The lowest BCUT2D eigenvalue weighted by Gasteiger charge is -2.32. The van der Waals surface area contributed by atoms with Crippen LogP contribution in [0.5, 0.6) is 0 Å². The van der Waals surface area contributed by atoms with E-state index in [9.17, 15) is 19.2 Å². The number of ketones is 1. The predicted molar refractivity (Wildman–Crippen MR) is 143 cm³/mol. The number of piperazine rings is 1. The molecule has 0 aromatic heterocycles. The number of imide groups is 1. The highest BCUT2D eigenvalue weighted by Crippen LogP contribution is 2.32. The Morgan fingerprint density at radius 1 is 0.947 bits per heavy atom. The highest BCUT2D eigenvalue weighted by Gasteiger charge is 2.33. The number of nitrogens with one attached hydrogen (secondary N) is 2. The Morgan fingerprint density at radius 2 is 1.66 bits per heavy atom. The lowest BCUT2D eigenvalue weighted by atomic mass is 9.88. The van der Waals surface area contributed by atoms with E-state index in [2.05, 4.69) is 27.5 Å². The molecule has 200 valence electrons. The molecule has 2 aromatic carbocycles. The highest BCUT2D eigenvalue weighted by atomic mass is 16.2. The maximum atomic E-state index is 12.9. The minimum Gasteiger partial charge on any atom is -0.348 e. The molecule has 38 heavy (non-hydrogen) atoms. The van der Waals surface area contributed by atoms with E-state index in [-0.39, 0.29) is 35.3 Å². The van der Waals surface area contributed by atoms with Crippen LogP contribution in [0.4, 0.5) is 0 Å². The first-order valence-electron chi connectivity index (χ1n) is 13.6. The summed E-state index contributed by atoms with van der Waals surface area (Å²) in [5, 5.41) is 5.39. The van der Waals surface area contributed by atoms with Crippen LogP contribution < -0.4 is 10.6 Å². The molecule has 1 aliphatic carbocycles. The van der Waals surface area contributed by atoms with Crippen LogP contribution in [0.1, 0.15) is 63.1 Å². The second kappa shape index (κ2) is 11.6. The molecule has 0 saturated carbocycles. The zero-order valence-electron chi connectivity index (χ0n) is 22.0. The SMILES string of the molecule is CN1CCN(Cc2ccc(C(=O)NCc3ccc4c(c3)CC(CCC3CCC(=O)NC3=O)C4=O)cc2)CC1. The summed E-state index contributed by atoms with van der Waals surface area (Å²) in [5.74, 6) is -0.754. The number of nitrogens with zero attached hydrogens (tertiary/aromatic N) is 2. The smallest absolute Gasteiger partial charge is 0.251 e. The fraction of sp³-hybridized carbons (Fsp3) is 0.467. The molecule has 2 aliphatic heterocycles. The molecule has 2 heterocycles. The van der Waals surface area contributed by atoms with E-state index in [1.807, 2.05) is 42.5 Å². The minimum atomic E-state index is -0.216. The Hall–Kier alpha value is -3.36. The van der Waals surface area contributed by atoms with Gasteiger partial charge in [0.15, 0.2) is 5.78 Å². The van der Waals surface area contributed by atoms with Gasteiger partial charge in [0, 0.05) is 68.7 Å². The average molecular weight is 517 g/mol. The number of fused-ring (bicyclic) bond motifs is 1. The molecule has 0 spiro atoms. The van der Waals surface area contributed by atoms with Crippen molar-refractivity contribution in [2.75, 3.05) is 33.2 Å². The molecule has 2 saturated heterocycles. The molecule has 2 unspecified atom stereocenters. The van der Waals surface area contributed by atoms with E-state index in [4.69, 9.17) is 0 Å². The summed E-state index contributed by atoms with van der Waals surface area (Å²) in [7, 11) is 2.15. The molecular weight excluding hydrogens is 480 g/mol. The second-order valence-corrected chi connectivity index (χ2v) is 10.9. The molecule has 5 rings (SSSR count). The van der Waals surface area contributed by atoms with Gasteiger partial charge in [0.2, 0.25) is 11.8 Å². The number of rotatable bonds is 8. The van der Waals surface area contributed by atoms with Gasteiger partial charge in [0.25, 0.3) is 5.91 Å². The molecular formula is C30H36N4O4. The number of hydrogen-bond donors (Lipinski definition) is 2. The van der Waals surface area contributed by atoms with E-state index in [1.165, 1.54) is 5.56 Å².